The molecule has 4 aromatic carbocycles. The molecule has 1 fully saturated rings. The zero-order valence-corrected chi connectivity index (χ0v) is 39.1. The fourth-order valence-electron chi connectivity index (χ4n) is 7.86. The van der Waals surface area contributed by atoms with E-state index in [0.717, 1.165) is 17.6 Å². The lowest BCUT2D eigenvalue weighted by Gasteiger charge is -2.27. The van der Waals surface area contributed by atoms with Crippen LogP contribution in [0.25, 0.3) is 17.0 Å². The second-order valence-corrected chi connectivity index (χ2v) is 20.6. The third kappa shape index (κ3) is 11.3. The fourth-order valence-corrected chi connectivity index (χ4v) is 11.5. The highest BCUT2D eigenvalue weighted by atomic mass is 32.2. The second-order valence-electron chi connectivity index (χ2n) is 17.1. The number of nitrogens with two attached hydrogens (primary N) is 1. The Morgan fingerprint density at radius 3 is 1.92 bits per heavy atom. The van der Waals surface area contributed by atoms with Gasteiger partial charge < -0.3 is 29.6 Å². The number of nitrogens with one attached hydrogen (secondary N) is 1. The average molecular weight is 929 g/mol. The molecule has 1 saturated heterocycles. The van der Waals surface area contributed by atoms with Gasteiger partial charge in [-0.1, -0.05) is 48.5 Å². The van der Waals surface area contributed by atoms with Crippen molar-refractivity contribution in [2.24, 2.45) is 5.73 Å². The van der Waals surface area contributed by atoms with Crippen LogP contribution < -0.4 is 24.7 Å². The summed E-state index contributed by atoms with van der Waals surface area (Å²) in [5.41, 5.74) is 8.85. The summed E-state index contributed by atoms with van der Waals surface area (Å²) in [6.07, 6.45) is 3.53. The van der Waals surface area contributed by atoms with Gasteiger partial charge in [-0.05, 0) is 122 Å². The van der Waals surface area contributed by atoms with Gasteiger partial charge in [-0.25, -0.2) is 26.4 Å². The van der Waals surface area contributed by atoms with E-state index in [1.165, 1.54) is 34.3 Å². The molecule has 346 valence electrons. The largest absolute Gasteiger partial charge is 0.497 e. The highest BCUT2D eigenvalue weighted by molar-refractivity contribution is 7.92. The Bertz CT molecular complexity index is 2670. The van der Waals surface area contributed by atoms with Crippen LogP contribution in [0.5, 0.6) is 17.2 Å². The second kappa shape index (κ2) is 19.7. The zero-order valence-electron chi connectivity index (χ0n) is 37.4. The van der Waals surface area contributed by atoms with Crippen molar-refractivity contribution < 1.29 is 40.6 Å². The number of allylic oxidation sites excluding steroid dienone is 1. The quantitative estimate of drug-likeness (QED) is 0.117. The molecule has 2 aliphatic rings. The number of carbonyl (C=O) groups excluding carboxylic acids is 1. The lowest BCUT2D eigenvalue weighted by Crippen LogP contribution is -2.41. The summed E-state index contributed by atoms with van der Waals surface area (Å²) in [6, 6.07) is 23.0. The molecule has 0 spiro atoms. The minimum Gasteiger partial charge on any atom is -0.497 e. The number of nitrogens with zero attached hydrogens (tertiary/aromatic N) is 6. The molecule has 7 rings (SSSR count). The molecule has 5 aromatic rings. The number of methoxy groups -OCH3 is 3. The molecule has 19 heteroatoms. The summed E-state index contributed by atoms with van der Waals surface area (Å²) in [4.78, 5) is 14.7. The van der Waals surface area contributed by atoms with E-state index in [1.807, 2.05) is 18.2 Å². The van der Waals surface area contributed by atoms with E-state index in [2.05, 4.69) is 15.0 Å². The highest BCUT2D eigenvalue weighted by Gasteiger charge is 2.40. The Kier molecular flexibility index (Phi) is 14.3. The molecule has 1 aliphatic heterocycles. The van der Waals surface area contributed by atoms with Crippen molar-refractivity contribution in [1.82, 2.24) is 34.1 Å². The van der Waals surface area contributed by atoms with Crippen molar-refractivity contribution in [2.75, 3.05) is 34.4 Å². The van der Waals surface area contributed by atoms with Crippen LogP contribution in [0.4, 0.5) is 4.79 Å². The summed E-state index contributed by atoms with van der Waals surface area (Å²) < 4.78 is 87.6. The molecule has 0 radical (unpaired) electrons. The van der Waals surface area contributed by atoms with E-state index in [-0.39, 0.29) is 56.6 Å². The predicted molar refractivity (Wildman–Crippen MR) is 244 cm³/mol. The normalized spacial score (nSPS) is 16.9. The van der Waals surface area contributed by atoms with Crippen molar-refractivity contribution in [2.45, 2.75) is 93.6 Å². The molecular weight excluding hydrogens is 873 g/mol. The molecule has 3 N–H and O–H groups in total. The fraction of sp³-hybridized carbons (Fsp3) is 0.391. The number of carbonyl (C=O) groups is 1. The van der Waals surface area contributed by atoms with Crippen molar-refractivity contribution >= 4 is 31.7 Å². The van der Waals surface area contributed by atoms with Crippen LogP contribution in [-0.2, 0) is 44.4 Å². The number of hydrogen-bond donors (Lipinski definition) is 2. The monoisotopic (exact) mass is 928 g/mol. The van der Waals surface area contributed by atoms with Gasteiger partial charge >= 0.3 is 6.09 Å². The number of ether oxygens (including phenoxy) is 4. The van der Waals surface area contributed by atoms with Crippen molar-refractivity contribution in [3.8, 4) is 28.6 Å². The third-order valence-corrected chi connectivity index (χ3v) is 14.7. The van der Waals surface area contributed by atoms with Gasteiger partial charge in [0.05, 0.1) is 33.4 Å². The minimum atomic E-state index is -4.85. The summed E-state index contributed by atoms with van der Waals surface area (Å²) >= 11 is 0. The van der Waals surface area contributed by atoms with Gasteiger partial charge in [-0.2, -0.15) is 9.10 Å². The van der Waals surface area contributed by atoms with E-state index in [9.17, 15) is 4.79 Å². The Hall–Kier alpha value is -5.86. The Labute approximate surface area is 380 Å². The maximum Gasteiger partial charge on any atom is 0.410 e. The summed E-state index contributed by atoms with van der Waals surface area (Å²) in [6.45, 7) is 5.33. The van der Waals surface area contributed by atoms with Crippen molar-refractivity contribution in [3.63, 3.8) is 0 Å². The molecule has 0 bridgehead atoms. The van der Waals surface area contributed by atoms with E-state index < -0.39 is 47.6 Å². The lowest BCUT2D eigenvalue weighted by atomic mass is 9.88. The van der Waals surface area contributed by atoms with Crippen LogP contribution >= 0.6 is 0 Å². The first-order valence-corrected chi connectivity index (χ1v) is 24.2. The van der Waals surface area contributed by atoms with E-state index in [1.54, 1.807) is 94.6 Å². The van der Waals surface area contributed by atoms with Gasteiger partial charge in [0, 0.05) is 38.3 Å². The zero-order chi connectivity index (χ0) is 46.5. The van der Waals surface area contributed by atoms with Crippen LogP contribution in [0.3, 0.4) is 0 Å². The molecule has 1 aromatic heterocycles. The molecule has 1 unspecified atom stereocenters. The number of sulfonamides is 2. The smallest absolute Gasteiger partial charge is 0.410 e. The minimum absolute atomic E-state index is 0.00818. The molecular formula is C46H56N8O9S2. The lowest BCUT2D eigenvalue weighted by molar-refractivity contribution is 0.0292. The third-order valence-electron chi connectivity index (χ3n) is 11.1. The number of hydrogen-bond acceptors (Lipinski definition) is 13. The Balaban J connectivity index is 1.42. The van der Waals surface area contributed by atoms with Crippen molar-refractivity contribution in [1.29, 1.82) is 0 Å². The predicted octanol–water partition coefficient (Wildman–Crippen LogP) is 5.99. The first-order valence-electron chi connectivity index (χ1n) is 21.3. The molecule has 65 heavy (non-hydrogen) atoms. The number of amides is 1. The maximum absolute atomic E-state index is 16.0. The Morgan fingerprint density at radius 2 is 1.38 bits per heavy atom. The van der Waals surface area contributed by atoms with Crippen LogP contribution in [-0.4, -0.2) is 104 Å². The molecule has 0 saturated carbocycles. The standard InChI is InChI=1S/C46H56N8O9S2/c1-46(2,3)63-45(55)52-25-24-36(30-52)50-64(56,57)41-23-22-40(34-8-7-9-35(47)26-34)42(44-48-51-54(49-44)29-33-14-20-39(62-6)21-15-33)43(41)65(58,59)53(27-31-10-16-37(60-4)17-11-31)28-32-12-18-38(61-5)19-13-32/h10-23,26,35-36,50H,7-9,24-25,27-30,47H2,1-6H3/t35?,36-/m1/s1. The van der Waals surface area contributed by atoms with Gasteiger partial charge in [-0.15, -0.1) is 10.2 Å². The number of aromatic nitrogens is 4. The van der Waals surface area contributed by atoms with Gasteiger partial charge in [0.25, 0.3) is 0 Å². The topological polar surface area (TPSA) is 210 Å². The number of rotatable bonds is 16. The highest BCUT2D eigenvalue weighted by Crippen LogP contribution is 2.42. The van der Waals surface area contributed by atoms with E-state index in [0.29, 0.717) is 46.8 Å². The summed E-state index contributed by atoms with van der Waals surface area (Å²) in [5, 5.41) is 13.5. The average Bonchev–Trinajstić information content (AvgIpc) is 3.95. The summed E-state index contributed by atoms with van der Waals surface area (Å²) in [7, 11) is -4.89. The van der Waals surface area contributed by atoms with Gasteiger partial charge in [0.15, 0.2) is 0 Å². The molecule has 1 aliphatic carbocycles. The van der Waals surface area contributed by atoms with Crippen molar-refractivity contribution in [3.05, 3.63) is 113 Å². The summed E-state index contributed by atoms with van der Waals surface area (Å²) in [5.74, 6) is 1.71. The molecule has 17 nitrogen and oxygen atoms in total. The number of benzene rings is 4. The van der Waals surface area contributed by atoms with E-state index in [4.69, 9.17) is 29.8 Å². The first-order chi connectivity index (χ1) is 31.0. The van der Waals surface area contributed by atoms with Crippen LogP contribution in [0.1, 0.15) is 68.7 Å². The van der Waals surface area contributed by atoms with Crippen LogP contribution in [0.15, 0.2) is 101 Å². The van der Waals surface area contributed by atoms with Crippen LogP contribution in [0, 0.1) is 0 Å². The first kappa shape index (κ1) is 47.1. The van der Waals surface area contributed by atoms with Gasteiger partial charge in [0.1, 0.15) is 32.6 Å². The molecule has 1 amide bonds. The SMILES string of the molecule is COc1ccc(CN(Cc2ccc(OC)cc2)S(=O)(=O)c2c(S(=O)(=O)N[C@@H]3CCN(C(=O)OC(C)(C)C)C3)ccc(C3=CC(N)CCC3)c2-c2nnn(Cc3ccc(OC)cc3)n2)cc1. The molecule has 2 heterocycles. The van der Waals surface area contributed by atoms with E-state index >= 15 is 16.8 Å². The maximum atomic E-state index is 16.0. The number of tetrazole rings is 1. The van der Waals surface area contributed by atoms with Gasteiger partial charge in [-0.3, -0.25) is 0 Å². The molecule has 2 atom stereocenters. The number of likely N-dealkylation sites (tertiary alicyclic amines) is 1. The van der Waals surface area contributed by atoms with Gasteiger partial charge in [0.2, 0.25) is 25.9 Å². The Morgan fingerprint density at radius 1 is 0.815 bits per heavy atom. The van der Waals surface area contributed by atoms with Crippen LogP contribution in [0.2, 0.25) is 0 Å².